The number of hydrogen-bond donors (Lipinski definition) is 0. The Morgan fingerprint density at radius 1 is 1.45 bits per heavy atom. The summed E-state index contributed by atoms with van der Waals surface area (Å²) in [7, 11) is 0. The lowest BCUT2D eigenvalue weighted by molar-refractivity contribution is 0.348. The third-order valence-electron chi connectivity index (χ3n) is 3.25. The van der Waals surface area contributed by atoms with Crippen molar-refractivity contribution in [3.05, 3.63) is 0 Å². The summed E-state index contributed by atoms with van der Waals surface area (Å²) >= 11 is 5.82. The molecule has 1 rings (SSSR count). The van der Waals surface area contributed by atoms with Crippen molar-refractivity contribution in [2.45, 2.75) is 39.5 Å². The van der Waals surface area contributed by atoms with Gasteiger partial charge in [-0.3, -0.25) is 0 Å². The summed E-state index contributed by atoms with van der Waals surface area (Å²) in [5.41, 5.74) is 0. The van der Waals surface area contributed by atoms with E-state index in [0.29, 0.717) is 0 Å². The molecule has 0 N–H and O–H groups in total. The topological polar surface area (TPSA) is 0 Å². The summed E-state index contributed by atoms with van der Waals surface area (Å²) in [6.45, 7) is 4.67. The van der Waals surface area contributed by atoms with Gasteiger partial charge in [-0.1, -0.05) is 20.3 Å². The van der Waals surface area contributed by atoms with Crippen LogP contribution in [0.1, 0.15) is 39.5 Å². The zero-order valence-corrected chi connectivity index (χ0v) is 8.40. The van der Waals surface area contributed by atoms with Crippen molar-refractivity contribution >= 4 is 11.6 Å². The lowest BCUT2D eigenvalue weighted by Gasteiger charge is -2.16. The van der Waals surface area contributed by atoms with Crippen molar-refractivity contribution in [1.82, 2.24) is 0 Å². The smallest absolute Gasteiger partial charge is 0.0251 e. The first-order valence-electron chi connectivity index (χ1n) is 4.83. The van der Waals surface area contributed by atoms with Gasteiger partial charge in [-0.05, 0) is 37.0 Å². The molecular formula is C10H19Cl. The molecule has 1 aliphatic rings. The zero-order valence-electron chi connectivity index (χ0n) is 7.65. The van der Waals surface area contributed by atoms with Crippen molar-refractivity contribution < 1.29 is 0 Å². The van der Waals surface area contributed by atoms with E-state index < -0.39 is 0 Å². The highest BCUT2D eigenvalue weighted by Crippen LogP contribution is 2.37. The zero-order chi connectivity index (χ0) is 8.27. The van der Waals surface area contributed by atoms with E-state index in [2.05, 4.69) is 13.8 Å². The molecule has 1 aliphatic carbocycles. The minimum Gasteiger partial charge on any atom is -0.126 e. The Balaban J connectivity index is 2.29. The van der Waals surface area contributed by atoms with Crippen LogP contribution in [0.3, 0.4) is 0 Å². The maximum Gasteiger partial charge on any atom is 0.0251 e. The van der Waals surface area contributed by atoms with Gasteiger partial charge >= 0.3 is 0 Å². The van der Waals surface area contributed by atoms with E-state index in [0.717, 1.165) is 23.6 Å². The van der Waals surface area contributed by atoms with Crippen molar-refractivity contribution in [3.63, 3.8) is 0 Å². The SMILES string of the molecule is CC[C@@H](C)[C@@H]1CC[C@H](CCl)C1. The minimum absolute atomic E-state index is 0.829. The van der Waals surface area contributed by atoms with Crippen molar-refractivity contribution in [1.29, 1.82) is 0 Å². The average Bonchev–Trinajstić information content (AvgIpc) is 2.50. The molecule has 66 valence electrons. The first-order valence-corrected chi connectivity index (χ1v) is 5.37. The molecule has 0 spiro atoms. The van der Waals surface area contributed by atoms with Crippen LogP contribution >= 0.6 is 11.6 Å². The molecule has 1 saturated carbocycles. The van der Waals surface area contributed by atoms with Gasteiger partial charge in [-0.25, -0.2) is 0 Å². The van der Waals surface area contributed by atoms with E-state index >= 15 is 0 Å². The van der Waals surface area contributed by atoms with Gasteiger partial charge in [0.2, 0.25) is 0 Å². The Morgan fingerprint density at radius 2 is 2.18 bits per heavy atom. The largest absolute Gasteiger partial charge is 0.126 e. The van der Waals surface area contributed by atoms with Gasteiger partial charge in [0.25, 0.3) is 0 Å². The van der Waals surface area contributed by atoms with Gasteiger partial charge in [0.05, 0.1) is 0 Å². The molecule has 1 heteroatoms. The number of hydrogen-bond acceptors (Lipinski definition) is 0. The number of halogens is 1. The Labute approximate surface area is 75.3 Å². The van der Waals surface area contributed by atoms with Gasteiger partial charge in [0.1, 0.15) is 0 Å². The first kappa shape index (κ1) is 9.38. The van der Waals surface area contributed by atoms with E-state index in [1.807, 2.05) is 0 Å². The Bertz CT molecular complexity index is 111. The van der Waals surface area contributed by atoms with Gasteiger partial charge in [0.15, 0.2) is 0 Å². The normalized spacial score (nSPS) is 34.1. The first-order chi connectivity index (χ1) is 5.27. The second-order valence-electron chi connectivity index (χ2n) is 3.98. The highest BCUT2D eigenvalue weighted by atomic mass is 35.5. The maximum atomic E-state index is 5.82. The van der Waals surface area contributed by atoms with Crippen LogP contribution in [0.25, 0.3) is 0 Å². The Hall–Kier alpha value is 0.290. The van der Waals surface area contributed by atoms with Crippen molar-refractivity contribution in [3.8, 4) is 0 Å². The van der Waals surface area contributed by atoms with E-state index in [1.54, 1.807) is 0 Å². The molecule has 11 heavy (non-hydrogen) atoms. The predicted molar refractivity (Wildman–Crippen MR) is 51.0 cm³/mol. The fourth-order valence-corrected chi connectivity index (χ4v) is 2.38. The van der Waals surface area contributed by atoms with Crippen LogP contribution in [-0.4, -0.2) is 5.88 Å². The molecule has 0 aromatic heterocycles. The average molecular weight is 175 g/mol. The fraction of sp³-hybridized carbons (Fsp3) is 1.00. The van der Waals surface area contributed by atoms with Gasteiger partial charge < -0.3 is 0 Å². The van der Waals surface area contributed by atoms with Gasteiger partial charge in [-0.15, -0.1) is 11.6 Å². The molecule has 0 unspecified atom stereocenters. The standard InChI is InChI=1S/C10H19Cl/c1-3-8(2)10-5-4-9(6-10)7-11/h8-10H,3-7H2,1-2H3/t8-,9+,10-/m1/s1. The summed E-state index contributed by atoms with van der Waals surface area (Å²) in [5, 5.41) is 0. The second-order valence-corrected chi connectivity index (χ2v) is 4.29. The van der Waals surface area contributed by atoms with Crippen LogP contribution in [0.15, 0.2) is 0 Å². The quantitative estimate of drug-likeness (QED) is 0.573. The van der Waals surface area contributed by atoms with Crippen LogP contribution in [0.5, 0.6) is 0 Å². The van der Waals surface area contributed by atoms with E-state index in [9.17, 15) is 0 Å². The molecule has 0 aromatic carbocycles. The molecular weight excluding hydrogens is 156 g/mol. The van der Waals surface area contributed by atoms with Crippen LogP contribution in [0.2, 0.25) is 0 Å². The number of alkyl halides is 1. The predicted octanol–water partition coefficient (Wildman–Crippen LogP) is 3.69. The van der Waals surface area contributed by atoms with E-state index in [-0.39, 0.29) is 0 Å². The molecule has 0 aromatic rings. The highest BCUT2D eigenvalue weighted by Gasteiger charge is 2.26. The summed E-state index contributed by atoms with van der Waals surface area (Å²) in [6.07, 6.45) is 5.52. The van der Waals surface area contributed by atoms with Gasteiger partial charge in [-0.2, -0.15) is 0 Å². The van der Waals surface area contributed by atoms with E-state index in [1.165, 1.54) is 25.7 Å². The summed E-state index contributed by atoms with van der Waals surface area (Å²) in [4.78, 5) is 0. The van der Waals surface area contributed by atoms with Crippen LogP contribution in [-0.2, 0) is 0 Å². The third kappa shape index (κ3) is 2.37. The van der Waals surface area contributed by atoms with Crippen LogP contribution < -0.4 is 0 Å². The molecule has 0 saturated heterocycles. The molecule has 0 amide bonds. The van der Waals surface area contributed by atoms with Crippen LogP contribution in [0.4, 0.5) is 0 Å². The van der Waals surface area contributed by atoms with Crippen LogP contribution in [0, 0.1) is 17.8 Å². The number of rotatable bonds is 3. The molecule has 0 aliphatic heterocycles. The van der Waals surface area contributed by atoms with Crippen molar-refractivity contribution in [2.24, 2.45) is 17.8 Å². The van der Waals surface area contributed by atoms with Gasteiger partial charge in [0, 0.05) is 5.88 Å². The second kappa shape index (κ2) is 4.35. The molecule has 0 radical (unpaired) electrons. The summed E-state index contributed by atoms with van der Waals surface area (Å²) < 4.78 is 0. The molecule has 3 atom stereocenters. The lowest BCUT2D eigenvalue weighted by atomic mass is 9.90. The monoisotopic (exact) mass is 174 g/mol. The van der Waals surface area contributed by atoms with Crippen molar-refractivity contribution in [2.75, 3.05) is 5.88 Å². The Morgan fingerprint density at radius 3 is 2.64 bits per heavy atom. The maximum absolute atomic E-state index is 5.82. The summed E-state index contributed by atoms with van der Waals surface area (Å²) in [5.74, 6) is 3.61. The Kier molecular flexibility index (Phi) is 3.71. The molecule has 1 fully saturated rings. The fourth-order valence-electron chi connectivity index (χ4n) is 2.10. The molecule has 0 bridgehead atoms. The third-order valence-corrected chi connectivity index (χ3v) is 3.69. The van der Waals surface area contributed by atoms with E-state index in [4.69, 9.17) is 11.6 Å². The highest BCUT2D eigenvalue weighted by molar-refractivity contribution is 6.18. The minimum atomic E-state index is 0.829. The summed E-state index contributed by atoms with van der Waals surface area (Å²) in [6, 6.07) is 0. The molecule has 0 heterocycles. The lowest BCUT2D eigenvalue weighted by Crippen LogP contribution is -2.07. The molecule has 0 nitrogen and oxygen atoms in total.